The van der Waals surface area contributed by atoms with Gasteiger partial charge in [-0.15, -0.1) is 0 Å². The molecular weight excluding hydrogens is 432 g/mol. The zero-order valence-corrected chi connectivity index (χ0v) is 19.8. The first kappa shape index (κ1) is 25.5. The van der Waals surface area contributed by atoms with Gasteiger partial charge in [0.1, 0.15) is 24.9 Å². The molecule has 2 unspecified atom stereocenters. The fourth-order valence-corrected chi connectivity index (χ4v) is 7.43. The fourth-order valence-electron chi connectivity index (χ4n) is 7.43. The first-order chi connectivity index (χ1) is 15.8. The van der Waals surface area contributed by atoms with Crippen LogP contribution >= 0.6 is 0 Å². The minimum atomic E-state index is -0.741. The van der Waals surface area contributed by atoms with Crippen molar-refractivity contribution in [2.24, 2.45) is 22.7 Å². The van der Waals surface area contributed by atoms with Gasteiger partial charge in [-0.25, -0.2) is 0 Å². The maximum absolute atomic E-state index is 11.3. The molecule has 33 heavy (non-hydrogen) atoms. The van der Waals surface area contributed by atoms with E-state index in [9.17, 15) is 19.2 Å². The van der Waals surface area contributed by atoms with Crippen LogP contribution in [-0.2, 0) is 42.9 Å². The van der Waals surface area contributed by atoms with E-state index < -0.39 is 16.6 Å². The van der Waals surface area contributed by atoms with Gasteiger partial charge in [0.2, 0.25) is 0 Å². The number of hydrogen-bond donors (Lipinski definition) is 0. The highest BCUT2D eigenvalue weighted by atomic mass is 16.6. The Morgan fingerprint density at radius 1 is 0.848 bits per heavy atom. The third-order valence-corrected chi connectivity index (χ3v) is 9.07. The molecule has 7 atom stereocenters. The highest BCUT2D eigenvalue weighted by Crippen LogP contribution is 2.68. The molecule has 9 nitrogen and oxygen atoms in total. The Morgan fingerprint density at radius 3 is 2.21 bits per heavy atom. The molecule has 186 valence electrons. The molecule has 0 radical (unpaired) electrons. The number of carbonyl (C=O) groups excluding carboxylic acids is 4. The van der Waals surface area contributed by atoms with Gasteiger partial charge in [0.15, 0.2) is 0 Å². The summed E-state index contributed by atoms with van der Waals surface area (Å²) in [6, 6.07) is 0. The van der Waals surface area contributed by atoms with E-state index in [-0.39, 0.29) is 43.2 Å². The molecule has 1 aliphatic heterocycles. The molecule has 1 heterocycles. The highest BCUT2D eigenvalue weighted by molar-refractivity contribution is 5.39. The second-order valence-electron chi connectivity index (χ2n) is 10.4. The van der Waals surface area contributed by atoms with Crippen molar-refractivity contribution in [3.63, 3.8) is 0 Å². The standard InChI is InChI=1S/C24H36O9/c1-18-4-5-19-21(2,12-30-15-26)20(32-17-28)6-7-22(19,3)24(18)9-8-23(33-24,13-31-16-27)10-11-29-14-25/h14-20H,4-13H2,1-3H3/t18-,19?,20+,21+,22+,23?,24-/m1/s1. The van der Waals surface area contributed by atoms with Gasteiger partial charge in [-0.1, -0.05) is 20.8 Å². The van der Waals surface area contributed by atoms with Crippen LogP contribution in [0.5, 0.6) is 0 Å². The Balaban J connectivity index is 1.98. The summed E-state index contributed by atoms with van der Waals surface area (Å²) in [5.74, 6) is 0.317. The van der Waals surface area contributed by atoms with E-state index in [1.807, 2.05) is 6.92 Å². The van der Waals surface area contributed by atoms with Crippen LogP contribution in [0.4, 0.5) is 0 Å². The second-order valence-corrected chi connectivity index (χ2v) is 10.4. The maximum Gasteiger partial charge on any atom is 0.293 e. The topological polar surface area (TPSA) is 114 Å². The molecule has 3 rings (SSSR count). The van der Waals surface area contributed by atoms with Crippen LogP contribution in [0.2, 0.25) is 0 Å². The lowest BCUT2D eigenvalue weighted by Crippen LogP contribution is -2.67. The number of carbonyl (C=O) groups is 4. The molecule has 2 aliphatic carbocycles. The Kier molecular flexibility index (Phi) is 7.71. The molecule has 0 N–H and O–H groups in total. The van der Waals surface area contributed by atoms with Crippen molar-refractivity contribution in [2.75, 3.05) is 19.8 Å². The Morgan fingerprint density at radius 2 is 1.55 bits per heavy atom. The Labute approximate surface area is 194 Å². The summed E-state index contributed by atoms with van der Waals surface area (Å²) in [6.45, 7) is 8.65. The van der Waals surface area contributed by atoms with Crippen LogP contribution in [0, 0.1) is 22.7 Å². The van der Waals surface area contributed by atoms with E-state index in [1.165, 1.54) is 0 Å². The van der Waals surface area contributed by atoms with E-state index in [2.05, 4.69) is 13.8 Å². The van der Waals surface area contributed by atoms with E-state index in [4.69, 9.17) is 23.7 Å². The molecule has 3 fully saturated rings. The normalized spacial score (nSPS) is 42.1. The number of rotatable bonds is 12. The molecular formula is C24H36O9. The lowest BCUT2D eigenvalue weighted by Gasteiger charge is -2.65. The van der Waals surface area contributed by atoms with Gasteiger partial charge in [0, 0.05) is 17.3 Å². The van der Waals surface area contributed by atoms with Gasteiger partial charge in [0.25, 0.3) is 25.9 Å². The molecule has 3 aliphatic rings. The molecule has 0 aromatic carbocycles. The largest absolute Gasteiger partial charge is 0.468 e. The fraction of sp³-hybridized carbons (Fsp3) is 0.833. The molecule has 0 bridgehead atoms. The Bertz CT molecular complexity index is 729. The number of hydrogen-bond acceptors (Lipinski definition) is 9. The SMILES string of the molecule is C[C@@H]1CCC2[C@](C)(COC=O)[C@@H](OC=O)CC[C@]2(C)[C@@]12CCC(CCOC=O)(COC=O)O2. The van der Waals surface area contributed by atoms with Crippen LogP contribution in [0.25, 0.3) is 0 Å². The summed E-state index contributed by atoms with van der Waals surface area (Å²) in [7, 11) is 0. The molecule has 1 saturated heterocycles. The Hall–Kier alpha value is -2.16. The quantitative estimate of drug-likeness (QED) is 0.242. The third kappa shape index (κ3) is 4.24. The lowest BCUT2D eigenvalue weighted by atomic mass is 9.43. The van der Waals surface area contributed by atoms with Crippen molar-refractivity contribution >= 4 is 25.9 Å². The monoisotopic (exact) mass is 468 g/mol. The maximum atomic E-state index is 11.3. The molecule has 9 heteroatoms. The van der Waals surface area contributed by atoms with Crippen molar-refractivity contribution in [2.45, 2.75) is 83.0 Å². The van der Waals surface area contributed by atoms with Gasteiger partial charge < -0.3 is 23.7 Å². The van der Waals surface area contributed by atoms with Gasteiger partial charge >= 0.3 is 0 Å². The van der Waals surface area contributed by atoms with Gasteiger partial charge in [0.05, 0.1) is 12.2 Å². The van der Waals surface area contributed by atoms with Crippen molar-refractivity contribution < 1.29 is 42.9 Å². The average molecular weight is 469 g/mol. The summed E-state index contributed by atoms with van der Waals surface area (Å²) >= 11 is 0. The van der Waals surface area contributed by atoms with Crippen LogP contribution in [0.15, 0.2) is 0 Å². The summed E-state index contributed by atoms with van der Waals surface area (Å²) in [5, 5.41) is 0. The molecule has 0 aromatic heterocycles. The first-order valence-electron chi connectivity index (χ1n) is 11.7. The highest BCUT2D eigenvalue weighted by Gasteiger charge is 2.69. The zero-order chi connectivity index (χ0) is 24.2. The zero-order valence-electron chi connectivity index (χ0n) is 19.8. The van der Waals surface area contributed by atoms with Crippen LogP contribution in [-0.4, -0.2) is 63.0 Å². The second kappa shape index (κ2) is 9.99. The predicted molar refractivity (Wildman–Crippen MR) is 115 cm³/mol. The predicted octanol–water partition coefficient (Wildman–Crippen LogP) is 2.58. The van der Waals surface area contributed by atoms with E-state index >= 15 is 0 Å². The van der Waals surface area contributed by atoms with Crippen molar-refractivity contribution in [1.29, 1.82) is 0 Å². The molecule has 0 amide bonds. The van der Waals surface area contributed by atoms with E-state index in [0.29, 0.717) is 45.2 Å². The van der Waals surface area contributed by atoms with Gasteiger partial charge in [-0.3, -0.25) is 19.2 Å². The van der Waals surface area contributed by atoms with E-state index in [1.54, 1.807) is 0 Å². The molecule has 2 saturated carbocycles. The summed E-state index contributed by atoms with van der Waals surface area (Å²) in [5.41, 5.74) is -2.09. The molecule has 1 spiro atoms. The minimum absolute atomic E-state index is 0.0777. The van der Waals surface area contributed by atoms with Crippen LogP contribution in [0.3, 0.4) is 0 Å². The molecule has 0 aromatic rings. The van der Waals surface area contributed by atoms with Crippen LogP contribution in [0.1, 0.15) is 65.7 Å². The van der Waals surface area contributed by atoms with E-state index in [0.717, 1.165) is 25.7 Å². The smallest absolute Gasteiger partial charge is 0.293 e. The lowest BCUT2D eigenvalue weighted by molar-refractivity contribution is -0.273. The minimum Gasteiger partial charge on any atom is -0.468 e. The van der Waals surface area contributed by atoms with Crippen molar-refractivity contribution in [3.8, 4) is 0 Å². The summed E-state index contributed by atoms with van der Waals surface area (Å²) in [4.78, 5) is 44.0. The van der Waals surface area contributed by atoms with Crippen molar-refractivity contribution in [1.82, 2.24) is 0 Å². The number of ether oxygens (including phenoxy) is 5. The van der Waals surface area contributed by atoms with Gasteiger partial charge in [-0.05, 0) is 50.4 Å². The first-order valence-corrected chi connectivity index (χ1v) is 11.7. The van der Waals surface area contributed by atoms with Gasteiger partial charge in [-0.2, -0.15) is 0 Å². The average Bonchev–Trinajstić information content (AvgIpc) is 3.19. The van der Waals surface area contributed by atoms with Crippen molar-refractivity contribution in [3.05, 3.63) is 0 Å². The van der Waals surface area contributed by atoms with Crippen LogP contribution < -0.4 is 0 Å². The summed E-state index contributed by atoms with van der Waals surface area (Å²) < 4.78 is 27.9. The third-order valence-electron chi connectivity index (χ3n) is 9.07. The summed E-state index contributed by atoms with van der Waals surface area (Å²) in [6.07, 6.45) is 4.73. The number of fused-ring (bicyclic) bond motifs is 2.